The van der Waals surface area contributed by atoms with Crippen molar-refractivity contribution in [3.8, 4) is 0 Å². The second-order valence-corrected chi connectivity index (χ2v) is 2.28. The highest BCUT2D eigenvalue weighted by Crippen LogP contribution is 2.04. The molecule has 1 rings (SSSR count). The Bertz CT molecular complexity index is 290. The van der Waals surface area contributed by atoms with Gasteiger partial charge in [-0.2, -0.15) is 0 Å². The molecule has 0 aliphatic rings. The quantitative estimate of drug-likeness (QED) is 0.528. The number of hydrogen-bond donors (Lipinski definition) is 1. The van der Waals surface area contributed by atoms with Crippen LogP contribution in [0.25, 0.3) is 0 Å². The Labute approximate surface area is 69.5 Å². The van der Waals surface area contributed by atoms with Gasteiger partial charge in [-0.05, 0) is 11.6 Å². The van der Waals surface area contributed by atoms with Crippen LogP contribution in [-0.2, 0) is 16.0 Å². The van der Waals surface area contributed by atoms with Gasteiger partial charge in [0.15, 0.2) is 0 Å². The van der Waals surface area contributed by atoms with Crippen LogP contribution in [0.15, 0.2) is 12.3 Å². The van der Waals surface area contributed by atoms with Gasteiger partial charge in [-0.3, -0.25) is 0 Å². The van der Waals surface area contributed by atoms with E-state index in [1.54, 1.807) is 12.3 Å². The largest absolute Gasteiger partial charge is 0.464 e. The lowest BCUT2D eigenvalue weighted by Gasteiger charge is -1.91. The molecule has 0 spiro atoms. The first-order valence-corrected chi connectivity index (χ1v) is 3.47. The summed E-state index contributed by atoms with van der Waals surface area (Å²) in [5, 5.41) is 0. The summed E-state index contributed by atoms with van der Waals surface area (Å²) in [6.45, 7) is 0. The number of aromatic nitrogens is 1. The number of hydrogen-bond acceptors (Lipinski definition) is 3. The van der Waals surface area contributed by atoms with E-state index in [0.29, 0.717) is 12.1 Å². The molecule has 4 heteroatoms. The number of carbonyl (C=O) groups is 2. The van der Waals surface area contributed by atoms with Gasteiger partial charge in [-0.25, -0.2) is 4.79 Å². The summed E-state index contributed by atoms with van der Waals surface area (Å²) >= 11 is 0. The minimum absolute atomic E-state index is 0.313. The molecule has 0 amide bonds. The molecule has 0 aliphatic heterocycles. The molecule has 0 fully saturated rings. The molecule has 0 saturated heterocycles. The Morgan fingerprint density at radius 2 is 2.50 bits per heavy atom. The van der Waals surface area contributed by atoms with Crippen LogP contribution in [-0.4, -0.2) is 24.3 Å². The van der Waals surface area contributed by atoms with Crippen LogP contribution in [0.1, 0.15) is 16.1 Å². The van der Waals surface area contributed by atoms with E-state index in [0.717, 1.165) is 11.8 Å². The van der Waals surface area contributed by atoms with Crippen molar-refractivity contribution in [3.63, 3.8) is 0 Å². The van der Waals surface area contributed by atoms with Gasteiger partial charge in [0.05, 0.1) is 7.11 Å². The van der Waals surface area contributed by atoms with Crippen molar-refractivity contribution in [1.82, 2.24) is 4.98 Å². The Hall–Kier alpha value is -1.58. The molecule has 0 unspecified atom stereocenters. The summed E-state index contributed by atoms with van der Waals surface area (Å²) < 4.78 is 4.47. The minimum Gasteiger partial charge on any atom is -0.464 e. The standard InChI is InChI=1S/C8H9NO3/c1-12-8(11)7-4-6(2-3-10)5-9-7/h3-5,9H,2H2,1H3. The fourth-order valence-electron chi connectivity index (χ4n) is 0.881. The molecule has 4 nitrogen and oxygen atoms in total. The maximum absolute atomic E-state index is 10.9. The van der Waals surface area contributed by atoms with Crippen molar-refractivity contribution in [3.05, 3.63) is 23.5 Å². The molecule has 0 radical (unpaired) electrons. The molecule has 1 aromatic heterocycles. The summed E-state index contributed by atoms with van der Waals surface area (Å²) in [7, 11) is 1.31. The molecule has 1 N–H and O–H groups in total. The average Bonchev–Trinajstić information content (AvgIpc) is 2.52. The minimum atomic E-state index is -0.424. The Kier molecular flexibility index (Phi) is 2.63. The van der Waals surface area contributed by atoms with Gasteiger partial charge < -0.3 is 14.5 Å². The first-order chi connectivity index (χ1) is 5.77. The first-order valence-electron chi connectivity index (χ1n) is 3.47. The second-order valence-electron chi connectivity index (χ2n) is 2.28. The number of carbonyl (C=O) groups excluding carboxylic acids is 2. The molecule has 64 valence electrons. The van der Waals surface area contributed by atoms with E-state index < -0.39 is 5.97 Å². The third kappa shape index (κ3) is 1.72. The third-order valence-electron chi connectivity index (χ3n) is 1.47. The van der Waals surface area contributed by atoms with E-state index in [1.165, 1.54) is 7.11 Å². The lowest BCUT2D eigenvalue weighted by molar-refractivity contribution is -0.107. The predicted octanol–water partition coefficient (Wildman–Crippen LogP) is 0.543. The number of aromatic amines is 1. The molecule has 12 heavy (non-hydrogen) atoms. The maximum Gasteiger partial charge on any atom is 0.354 e. The van der Waals surface area contributed by atoms with E-state index in [4.69, 9.17) is 0 Å². The van der Waals surface area contributed by atoms with Crippen molar-refractivity contribution in [2.45, 2.75) is 6.42 Å². The summed E-state index contributed by atoms with van der Waals surface area (Å²) in [4.78, 5) is 23.7. The van der Waals surface area contributed by atoms with Crippen molar-refractivity contribution >= 4 is 12.3 Å². The Morgan fingerprint density at radius 1 is 1.75 bits per heavy atom. The third-order valence-corrected chi connectivity index (χ3v) is 1.47. The summed E-state index contributed by atoms with van der Waals surface area (Å²) in [6.07, 6.45) is 2.71. The number of rotatable bonds is 3. The predicted molar refractivity (Wildman–Crippen MR) is 41.9 cm³/mol. The number of aldehydes is 1. The Morgan fingerprint density at radius 3 is 3.08 bits per heavy atom. The van der Waals surface area contributed by atoms with E-state index in [1.807, 2.05) is 0 Å². The lowest BCUT2D eigenvalue weighted by atomic mass is 10.2. The van der Waals surface area contributed by atoms with Crippen LogP contribution in [0.3, 0.4) is 0 Å². The highest BCUT2D eigenvalue weighted by molar-refractivity contribution is 5.87. The topological polar surface area (TPSA) is 59.2 Å². The molecule has 0 atom stereocenters. The summed E-state index contributed by atoms with van der Waals surface area (Å²) in [5.41, 5.74) is 1.15. The number of methoxy groups -OCH3 is 1. The second kappa shape index (κ2) is 3.71. The van der Waals surface area contributed by atoms with Crippen LogP contribution in [0, 0.1) is 0 Å². The van der Waals surface area contributed by atoms with Gasteiger partial charge in [-0.1, -0.05) is 0 Å². The zero-order valence-electron chi connectivity index (χ0n) is 6.66. The molecule has 1 aromatic rings. The highest BCUT2D eigenvalue weighted by Gasteiger charge is 2.06. The number of nitrogens with one attached hydrogen (secondary N) is 1. The SMILES string of the molecule is COC(=O)c1cc(CC=O)c[nH]1. The normalized spacial score (nSPS) is 9.42. The van der Waals surface area contributed by atoms with Crippen molar-refractivity contribution < 1.29 is 14.3 Å². The van der Waals surface area contributed by atoms with Gasteiger partial charge in [-0.15, -0.1) is 0 Å². The van der Waals surface area contributed by atoms with E-state index >= 15 is 0 Å². The average molecular weight is 167 g/mol. The van der Waals surface area contributed by atoms with E-state index in [-0.39, 0.29) is 0 Å². The van der Waals surface area contributed by atoms with Crippen molar-refractivity contribution in [2.24, 2.45) is 0 Å². The highest BCUT2D eigenvalue weighted by atomic mass is 16.5. The molecule has 0 saturated carbocycles. The Balaban J connectivity index is 2.76. The summed E-state index contributed by atoms with van der Waals surface area (Å²) in [6, 6.07) is 1.60. The molecule has 1 heterocycles. The van der Waals surface area contributed by atoms with Crippen molar-refractivity contribution in [2.75, 3.05) is 7.11 Å². The smallest absolute Gasteiger partial charge is 0.354 e. The van der Waals surface area contributed by atoms with Crippen LogP contribution in [0.5, 0.6) is 0 Å². The van der Waals surface area contributed by atoms with Gasteiger partial charge in [0.25, 0.3) is 0 Å². The van der Waals surface area contributed by atoms with Crippen LogP contribution in [0.2, 0.25) is 0 Å². The summed E-state index contributed by atoms with van der Waals surface area (Å²) in [5.74, 6) is -0.424. The number of esters is 1. The fraction of sp³-hybridized carbons (Fsp3) is 0.250. The molecule has 0 aromatic carbocycles. The maximum atomic E-state index is 10.9. The zero-order chi connectivity index (χ0) is 8.97. The van der Waals surface area contributed by atoms with Gasteiger partial charge in [0.2, 0.25) is 0 Å². The van der Waals surface area contributed by atoms with Gasteiger partial charge in [0.1, 0.15) is 12.0 Å². The van der Waals surface area contributed by atoms with Crippen LogP contribution < -0.4 is 0 Å². The number of H-pyrrole nitrogens is 1. The lowest BCUT2D eigenvalue weighted by Crippen LogP contribution is -2.00. The molecular weight excluding hydrogens is 158 g/mol. The van der Waals surface area contributed by atoms with Crippen molar-refractivity contribution in [1.29, 1.82) is 0 Å². The first kappa shape index (κ1) is 8.52. The van der Waals surface area contributed by atoms with E-state index in [2.05, 4.69) is 9.72 Å². The van der Waals surface area contributed by atoms with Gasteiger partial charge >= 0.3 is 5.97 Å². The van der Waals surface area contributed by atoms with Crippen LogP contribution >= 0.6 is 0 Å². The van der Waals surface area contributed by atoms with Gasteiger partial charge in [0, 0.05) is 12.6 Å². The monoisotopic (exact) mass is 167 g/mol. The molecule has 0 aliphatic carbocycles. The molecular formula is C8H9NO3. The fourth-order valence-corrected chi connectivity index (χ4v) is 0.881. The zero-order valence-corrected chi connectivity index (χ0v) is 6.66. The van der Waals surface area contributed by atoms with E-state index in [9.17, 15) is 9.59 Å². The van der Waals surface area contributed by atoms with Crippen LogP contribution in [0.4, 0.5) is 0 Å². The molecule has 0 bridgehead atoms. The number of ether oxygens (including phenoxy) is 1.